The number of rotatable bonds is 3. The maximum atomic E-state index is 12.6. The molecule has 3 rings (SSSR count). The Morgan fingerprint density at radius 3 is 2.32 bits per heavy atom. The molecule has 0 aromatic heterocycles. The molecule has 8 heteroatoms. The van der Waals surface area contributed by atoms with Crippen molar-refractivity contribution in [3.63, 3.8) is 0 Å². The number of benzene rings is 2. The van der Waals surface area contributed by atoms with Crippen LogP contribution in [0.3, 0.4) is 0 Å². The molecule has 2 amide bonds. The van der Waals surface area contributed by atoms with Gasteiger partial charge in [0.2, 0.25) is 0 Å². The summed E-state index contributed by atoms with van der Waals surface area (Å²) in [5.74, 6) is -0.245. The normalized spacial score (nSPS) is 16.1. The Hall–Kier alpha value is -1.09. The van der Waals surface area contributed by atoms with Crippen LogP contribution in [0.2, 0.25) is 0 Å². The zero-order valence-electron chi connectivity index (χ0n) is 12.5. The molecule has 2 aromatic rings. The van der Waals surface area contributed by atoms with Crippen molar-refractivity contribution in [2.24, 2.45) is 0 Å². The highest BCUT2D eigenvalue weighted by Gasteiger charge is 2.35. The molecule has 0 spiro atoms. The number of halogens is 3. The van der Waals surface area contributed by atoms with E-state index in [1.807, 2.05) is 24.3 Å². The molecule has 1 heterocycles. The molecule has 0 atom stereocenters. The fourth-order valence-electron chi connectivity index (χ4n) is 2.25. The minimum atomic E-state index is -0.328. The molecule has 0 radical (unpaired) electrons. The number of amides is 2. The van der Waals surface area contributed by atoms with Crippen molar-refractivity contribution in [2.75, 3.05) is 0 Å². The Morgan fingerprint density at radius 2 is 1.68 bits per heavy atom. The molecule has 0 unspecified atom stereocenters. The lowest BCUT2D eigenvalue weighted by Gasteiger charge is -2.13. The van der Waals surface area contributed by atoms with Gasteiger partial charge >= 0.3 is 0 Å². The van der Waals surface area contributed by atoms with E-state index in [4.69, 9.17) is 0 Å². The van der Waals surface area contributed by atoms with Crippen LogP contribution in [0.4, 0.5) is 4.79 Å². The minimum Gasteiger partial charge on any atom is -0.506 e. The molecule has 1 fully saturated rings. The Morgan fingerprint density at radius 1 is 1.04 bits per heavy atom. The van der Waals surface area contributed by atoms with Gasteiger partial charge in [-0.15, -0.1) is 0 Å². The molecular formula is C17H10Br3NO3S. The van der Waals surface area contributed by atoms with Crippen LogP contribution in [0.15, 0.2) is 54.7 Å². The molecule has 2 aromatic carbocycles. The molecule has 0 aliphatic carbocycles. The average Bonchev–Trinajstić information content (AvgIpc) is 2.82. The van der Waals surface area contributed by atoms with Crippen molar-refractivity contribution in [2.45, 2.75) is 6.54 Å². The average molecular weight is 548 g/mol. The zero-order chi connectivity index (χ0) is 18.1. The Balaban J connectivity index is 1.87. The zero-order valence-corrected chi connectivity index (χ0v) is 18.1. The minimum absolute atomic E-state index is 0.0826. The highest BCUT2D eigenvalue weighted by atomic mass is 79.9. The summed E-state index contributed by atoms with van der Waals surface area (Å²) in [6.45, 7) is 0.215. The van der Waals surface area contributed by atoms with E-state index in [1.165, 1.54) is 4.90 Å². The molecule has 25 heavy (non-hydrogen) atoms. The Kier molecular flexibility index (Phi) is 5.72. The van der Waals surface area contributed by atoms with Crippen molar-refractivity contribution >= 4 is 76.8 Å². The van der Waals surface area contributed by atoms with E-state index >= 15 is 0 Å². The lowest BCUT2D eigenvalue weighted by molar-refractivity contribution is -0.123. The fourth-order valence-corrected chi connectivity index (χ4v) is 4.72. The molecule has 1 aliphatic rings. The number of aromatic hydroxyl groups is 1. The number of carbonyl (C=O) groups excluding carboxylic acids is 2. The third-order valence-electron chi connectivity index (χ3n) is 3.50. The van der Waals surface area contributed by atoms with Crippen molar-refractivity contribution in [3.05, 3.63) is 65.8 Å². The van der Waals surface area contributed by atoms with Crippen LogP contribution in [0.5, 0.6) is 5.75 Å². The summed E-state index contributed by atoms with van der Waals surface area (Å²) in [4.78, 5) is 26.4. The van der Waals surface area contributed by atoms with Gasteiger partial charge in [0.15, 0.2) is 0 Å². The molecule has 128 valence electrons. The van der Waals surface area contributed by atoms with Crippen molar-refractivity contribution in [3.8, 4) is 5.75 Å². The monoisotopic (exact) mass is 545 g/mol. The van der Waals surface area contributed by atoms with E-state index in [2.05, 4.69) is 47.8 Å². The molecule has 0 saturated carbocycles. The van der Waals surface area contributed by atoms with E-state index in [0.29, 0.717) is 19.4 Å². The molecule has 1 aliphatic heterocycles. The first-order valence-electron chi connectivity index (χ1n) is 7.03. The summed E-state index contributed by atoms with van der Waals surface area (Å²) in [6.07, 6.45) is 1.64. The predicted molar refractivity (Wildman–Crippen MR) is 109 cm³/mol. The third kappa shape index (κ3) is 4.02. The Labute approximate surface area is 173 Å². The van der Waals surface area contributed by atoms with Crippen LogP contribution in [0, 0.1) is 0 Å². The van der Waals surface area contributed by atoms with Crippen LogP contribution in [0.1, 0.15) is 11.1 Å². The Bertz CT molecular complexity index is 891. The highest BCUT2D eigenvalue weighted by molar-refractivity contribution is 9.11. The lowest BCUT2D eigenvalue weighted by atomic mass is 10.2. The van der Waals surface area contributed by atoms with E-state index in [1.54, 1.807) is 18.2 Å². The van der Waals surface area contributed by atoms with Gasteiger partial charge in [-0.1, -0.05) is 34.1 Å². The second-order valence-electron chi connectivity index (χ2n) is 5.19. The summed E-state index contributed by atoms with van der Waals surface area (Å²) in [7, 11) is 0. The predicted octanol–water partition coefficient (Wildman–Crippen LogP) is 5.92. The summed E-state index contributed by atoms with van der Waals surface area (Å²) in [6, 6.07) is 10.8. The molecule has 1 saturated heterocycles. The summed E-state index contributed by atoms with van der Waals surface area (Å²) >= 11 is 10.8. The maximum Gasteiger partial charge on any atom is 0.293 e. The summed E-state index contributed by atoms with van der Waals surface area (Å²) in [5, 5.41) is 9.46. The number of carbonyl (C=O) groups is 2. The van der Waals surface area contributed by atoms with Gasteiger partial charge in [0.25, 0.3) is 11.1 Å². The summed E-state index contributed by atoms with van der Waals surface area (Å²) < 4.78 is 1.85. The standard InChI is InChI=1S/C17H10Br3NO3S/c18-11-4-2-1-3-10(11)8-21-16(23)14(25-17(21)24)7-9-5-12(19)15(22)13(20)6-9/h1-7,22H,8H2/b14-7-. The highest BCUT2D eigenvalue weighted by Crippen LogP contribution is 2.37. The van der Waals surface area contributed by atoms with Gasteiger partial charge in [-0.25, -0.2) is 0 Å². The quantitative estimate of drug-likeness (QED) is 0.485. The number of phenolic OH excluding ortho intramolecular Hbond substituents is 1. The fraction of sp³-hybridized carbons (Fsp3) is 0.0588. The number of nitrogens with zero attached hydrogens (tertiary/aromatic N) is 1. The third-order valence-corrected chi connectivity index (χ3v) is 6.39. The smallest absolute Gasteiger partial charge is 0.293 e. The van der Waals surface area contributed by atoms with Gasteiger partial charge < -0.3 is 5.11 Å². The van der Waals surface area contributed by atoms with Gasteiger partial charge in [0.05, 0.1) is 20.4 Å². The van der Waals surface area contributed by atoms with Crippen molar-refractivity contribution in [1.82, 2.24) is 4.90 Å². The molecular weight excluding hydrogens is 538 g/mol. The van der Waals surface area contributed by atoms with Gasteiger partial charge in [-0.3, -0.25) is 14.5 Å². The second kappa shape index (κ2) is 7.65. The first kappa shape index (κ1) is 18.7. The topological polar surface area (TPSA) is 57.6 Å². The first-order valence-corrected chi connectivity index (χ1v) is 10.2. The molecule has 4 nitrogen and oxygen atoms in total. The van der Waals surface area contributed by atoms with Gasteiger partial charge in [-0.05, 0) is 79.0 Å². The number of hydrogen-bond acceptors (Lipinski definition) is 4. The van der Waals surface area contributed by atoms with Gasteiger partial charge in [0.1, 0.15) is 5.75 Å². The van der Waals surface area contributed by atoms with E-state index < -0.39 is 0 Å². The first-order chi connectivity index (χ1) is 11.9. The number of imide groups is 1. The van der Waals surface area contributed by atoms with Crippen LogP contribution in [-0.2, 0) is 11.3 Å². The SMILES string of the molecule is O=C1S/C(=C\c2cc(Br)c(O)c(Br)c2)C(=O)N1Cc1ccccc1Br. The van der Waals surface area contributed by atoms with E-state index in [9.17, 15) is 14.7 Å². The molecule has 1 N–H and O–H groups in total. The van der Waals surface area contributed by atoms with Crippen molar-refractivity contribution < 1.29 is 14.7 Å². The maximum absolute atomic E-state index is 12.6. The van der Waals surface area contributed by atoms with Crippen molar-refractivity contribution in [1.29, 1.82) is 0 Å². The van der Waals surface area contributed by atoms with Crippen LogP contribution >= 0.6 is 59.6 Å². The second-order valence-corrected chi connectivity index (χ2v) is 8.75. The molecule has 0 bridgehead atoms. The van der Waals surface area contributed by atoms with Gasteiger partial charge in [0, 0.05) is 4.47 Å². The largest absolute Gasteiger partial charge is 0.506 e. The lowest BCUT2D eigenvalue weighted by Crippen LogP contribution is -2.27. The van der Waals surface area contributed by atoms with E-state index in [0.717, 1.165) is 21.8 Å². The van der Waals surface area contributed by atoms with Gasteiger partial charge in [-0.2, -0.15) is 0 Å². The number of phenols is 1. The van der Waals surface area contributed by atoms with Crippen LogP contribution in [-0.4, -0.2) is 21.2 Å². The van der Waals surface area contributed by atoms with Crippen LogP contribution < -0.4 is 0 Å². The van der Waals surface area contributed by atoms with E-state index in [-0.39, 0.29) is 23.4 Å². The number of hydrogen-bond donors (Lipinski definition) is 1. The summed E-state index contributed by atoms with van der Waals surface area (Å²) in [5.41, 5.74) is 1.56. The number of thioether (sulfide) groups is 1. The van der Waals surface area contributed by atoms with Crippen LogP contribution in [0.25, 0.3) is 6.08 Å².